The normalized spacial score (nSPS) is 12.7. The van der Waals surface area contributed by atoms with Crippen molar-refractivity contribution < 1.29 is 9.72 Å². The quantitative estimate of drug-likeness (QED) is 0.314. The lowest BCUT2D eigenvalue weighted by molar-refractivity contribution is -0.419. The van der Waals surface area contributed by atoms with Gasteiger partial charge in [0.2, 0.25) is 0 Å². The molecule has 0 aromatic carbocycles. The molecule has 0 atom stereocenters. The van der Waals surface area contributed by atoms with Crippen LogP contribution in [0.25, 0.3) is 0 Å². The summed E-state index contributed by atoms with van der Waals surface area (Å²) in [6, 6.07) is 0. The number of nitro groups is 1. The predicted octanol–water partition coefficient (Wildman–Crippen LogP) is 1.77. The van der Waals surface area contributed by atoms with Gasteiger partial charge in [-0.25, -0.2) is 0 Å². The van der Waals surface area contributed by atoms with Crippen molar-refractivity contribution in [2.75, 3.05) is 0 Å². The van der Waals surface area contributed by atoms with Crippen molar-refractivity contribution in [3.63, 3.8) is 0 Å². The van der Waals surface area contributed by atoms with Crippen molar-refractivity contribution in [1.82, 2.24) is 0 Å². The van der Waals surface area contributed by atoms with Gasteiger partial charge in [0.05, 0.1) is 10.6 Å². The topological polar surface area (TPSA) is 86.2 Å². The second-order valence-corrected chi connectivity index (χ2v) is 3.10. The molecule has 2 N–H and O–H groups in total. The van der Waals surface area contributed by atoms with Crippen molar-refractivity contribution in [3.8, 4) is 0 Å². The predicted molar refractivity (Wildman–Crippen MR) is 57.6 cm³/mol. The Kier molecular flexibility index (Phi) is 6.01. The molecule has 0 bridgehead atoms. The molecule has 0 radical (unpaired) electrons. The highest BCUT2D eigenvalue weighted by atomic mass is 16.6. The van der Waals surface area contributed by atoms with Crippen LogP contribution in [-0.4, -0.2) is 10.7 Å². The number of hydrogen-bond donors (Lipinski definition) is 1. The van der Waals surface area contributed by atoms with Crippen molar-refractivity contribution in [1.29, 1.82) is 0 Å². The van der Waals surface area contributed by atoms with E-state index in [1.54, 1.807) is 0 Å². The van der Waals surface area contributed by atoms with Crippen molar-refractivity contribution in [2.24, 2.45) is 5.73 Å². The molecule has 5 nitrogen and oxygen atoms in total. The van der Waals surface area contributed by atoms with E-state index in [1.165, 1.54) is 13.0 Å². The number of nitrogens with zero attached hydrogens (tertiary/aromatic N) is 1. The number of unbranched alkanes of at least 4 members (excludes halogenated alkanes) is 1. The van der Waals surface area contributed by atoms with E-state index in [0.717, 1.165) is 18.9 Å². The van der Waals surface area contributed by atoms with Crippen molar-refractivity contribution in [3.05, 3.63) is 33.7 Å². The van der Waals surface area contributed by atoms with E-state index in [1.807, 2.05) is 6.92 Å². The van der Waals surface area contributed by atoms with Crippen LogP contribution in [0.3, 0.4) is 0 Å². The summed E-state index contributed by atoms with van der Waals surface area (Å²) in [4.78, 5) is 21.2. The van der Waals surface area contributed by atoms with Crippen LogP contribution in [0.5, 0.6) is 0 Å². The molecule has 0 spiro atoms. The molecule has 0 saturated carbocycles. The third kappa shape index (κ3) is 4.95. The SMILES string of the molecule is C/C=C(\C=C(\N)C(=O)CCCC)[N+](=O)[O-]. The smallest absolute Gasteiger partial charge is 0.267 e. The van der Waals surface area contributed by atoms with Gasteiger partial charge in [-0.05, 0) is 19.4 Å². The maximum Gasteiger partial charge on any atom is 0.267 e. The number of allylic oxidation sites excluding steroid dienone is 3. The van der Waals surface area contributed by atoms with Crippen LogP contribution in [0, 0.1) is 10.1 Å². The Bertz CT molecular complexity index is 306. The summed E-state index contributed by atoms with van der Waals surface area (Å²) in [5.41, 5.74) is 5.24. The Labute approximate surface area is 88.8 Å². The highest BCUT2D eigenvalue weighted by Gasteiger charge is 2.10. The monoisotopic (exact) mass is 212 g/mol. The molecule has 0 aliphatic heterocycles. The number of nitrogens with two attached hydrogens (primary N) is 1. The Hall–Kier alpha value is -1.65. The minimum Gasteiger partial charge on any atom is -0.396 e. The van der Waals surface area contributed by atoms with Gasteiger partial charge in [-0.1, -0.05) is 13.3 Å². The molecular weight excluding hydrogens is 196 g/mol. The average molecular weight is 212 g/mol. The van der Waals surface area contributed by atoms with Gasteiger partial charge < -0.3 is 5.73 Å². The molecule has 0 rings (SSSR count). The molecular formula is C10H16N2O3. The van der Waals surface area contributed by atoms with E-state index in [2.05, 4.69) is 0 Å². The highest BCUT2D eigenvalue weighted by Crippen LogP contribution is 2.04. The lowest BCUT2D eigenvalue weighted by Gasteiger charge is -1.98. The summed E-state index contributed by atoms with van der Waals surface area (Å²) < 4.78 is 0. The van der Waals surface area contributed by atoms with Crippen LogP contribution in [0.2, 0.25) is 0 Å². The molecule has 84 valence electrons. The fraction of sp³-hybridized carbons (Fsp3) is 0.500. The van der Waals surface area contributed by atoms with E-state index in [4.69, 9.17) is 5.73 Å². The van der Waals surface area contributed by atoms with Gasteiger partial charge in [0.25, 0.3) is 5.70 Å². The van der Waals surface area contributed by atoms with E-state index in [0.29, 0.717) is 6.42 Å². The zero-order chi connectivity index (χ0) is 11.8. The maximum atomic E-state index is 11.3. The van der Waals surface area contributed by atoms with Crippen LogP contribution in [0.4, 0.5) is 0 Å². The van der Waals surface area contributed by atoms with Gasteiger partial charge >= 0.3 is 0 Å². The molecule has 0 saturated heterocycles. The summed E-state index contributed by atoms with van der Waals surface area (Å²) in [6.45, 7) is 3.49. The highest BCUT2D eigenvalue weighted by molar-refractivity contribution is 5.94. The first-order valence-corrected chi connectivity index (χ1v) is 4.84. The molecule has 5 heteroatoms. The number of hydrogen-bond acceptors (Lipinski definition) is 4. The minimum atomic E-state index is -0.569. The molecule has 0 aliphatic carbocycles. The molecule has 0 fully saturated rings. The molecule has 0 unspecified atom stereocenters. The Morgan fingerprint density at radius 3 is 2.53 bits per heavy atom. The average Bonchev–Trinajstić information content (AvgIpc) is 2.21. The van der Waals surface area contributed by atoms with Crippen LogP contribution in [-0.2, 0) is 4.79 Å². The van der Waals surface area contributed by atoms with E-state index in [9.17, 15) is 14.9 Å². The van der Waals surface area contributed by atoms with Crippen LogP contribution < -0.4 is 5.73 Å². The number of Topliss-reactive ketones (excluding diaryl/α,β-unsaturated/α-hetero) is 1. The first kappa shape index (κ1) is 13.4. The Morgan fingerprint density at radius 1 is 1.53 bits per heavy atom. The van der Waals surface area contributed by atoms with Gasteiger partial charge in [0, 0.05) is 12.5 Å². The lowest BCUT2D eigenvalue weighted by atomic mass is 10.1. The van der Waals surface area contributed by atoms with Crippen molar-refractivity contribution in [2.45, 2.75) is 33.1 Å². The Balaban J connectivity index is 4.54. The molecule has 0 aliphatic rings. The van der Waals surface area contributed by atoms with Gasteiger partial charge in [0.1, 0.15) is 0 Å². The molecule has 0 heterocycles. The second kappa shape index (κ2) is 6.75. The van der Waals surface area contributed by atoms with E-state index in [-0.39, 0.29) is 17.2 Å². The Morgan fingerprint density at radius 2 is 2.13 bits per heavy atom. The van der Waals surface area contributed by atoms with Gasteiger partial charge in [-0.2, -0.15) is 0 Å². The molecule has 0 aromatic rings. The minimum absolute atomic E-state index is 0.0479. The first-order valence-electron chi connectivity index (χ1n) is 4.84. The fourth-order valence-corrected chi connectivity index (χ4v) is 0.963. The fourth-order valence-electron chi connectivity index (χ4n) is 0.963. The summed E-state index contributed by atoms with van der Waals surface area (Å²) in [5, 5.41) is 10.4. The number of rotatable bonds is 6. The molecule has 15 heavy (non-hydrogen) atoms. The van der Waals surface area contributed by atoms with Crippen LogP contribution in [0.1, 0.15) is 33.1 Å². The lowest BCUT2D eigenvalue weighted by Crippen LogP contribution is -2.12. The van der Waals surface area contributed by atoms with Gasteiger partial charge in [-0.3, -0.25) is 14.9 Å². The third-order valence-corrected chi connectivity index (χ3v) is 1.89. The third-order valence-electron chi connectivity index (χ3n) is 1.89. The van der Waals surface area contributed by atoms with Gasteiger partial charge in [0.15, 0.2) is 5.78 Å². The van der Waals surface area contributed by atoms with Crippen LogP contribution >= 0.6 is 0 Å². The largest absolute Gasteiger partial charge is 0.396 e. The number of ketones is 1. The number of carbonyl (C=O) groups is 1. The second-order valence-electron chi connectivity index (χ2n) is 3.10. The first-order chi connectivity index (χ1) is 7.02. The van der Waals surface area contributed by atoms with E-state index >= 15 is 0 Å². The summed E-state index contributed by atoms with van der Waals surface area (Å²) >= 11 is 0. The summed E-state index contributed by atoms with van der Waals surface area (Å²) in [6.07, 6.45) is 4.40. The van der Waals surface area contributed by atoms with E-state index < -0.39 is 4.92 Å². The number of carbonyl (C=O) groups excluding carboxylic acids is 1. The summed E-state index contributed by atoms with van der Waals surface area (Å²) in [5.74, 6) is -0.238. The maximum absolute atomic E-state index is 11.3. The molecule has 0 aromatic heterocycles. The standard InChI is InChI=1S/C10H16N2O3/c1-3-5-6-10(13)9(11)7-8(4-2)12(14)15/h4,7H,3,5-6,11H2,1-2H3/b8-4+,9-7+. The zero-order valence-electron chi connectivity index (χ0n) is 9.03. The van der Waals surface area contributed by atoms with Crippen LogP contribution in [0.15, 0.2) is 23.5 Å². The van der Waals surface area contributed by atoms with Crippen molar-refractivity contribution >= 4 is 5.78 Å². The van der Waals surface area contributed by atoms with Gasteiger partial charge in [-0.15, -0.1) is 0 Å². The molecule has 0 amide bonds. The zero-order valence-corrected chi connectivity index (χ0v) is 9.03. The summed E-state index contributed by atoms with van der Waals surface area (Å²) in [7, 11) is 0.